The first-order chi connectivity index (χ1) is 16.1. The van der Waals surface area contributed by atoms with Gasteiger partial charge in [0.15, 0.2) is 5.58 Å². The van der Waals surface area contributed by atoms with Crippen LogP contribution in [0, 0.1) is 0 Å². The van der Waals surface area contributed by atoms with E-state index in [1.165, 1.54) is 4.90 Å². The van der Waals surface area contributed by atoms with Crippen molar-refractivity contribution in [2.24, 2.45) is 0 Å². The van der Waals surface area contributed by atoms with Gasteiger partial charge in [-0.15, -0.1) is 0 Å². The van der Waals surface area contributed by atoms with Crippen LogP contribution in [0.5, 0.6) is 0 Å². The van der Waals surface area contributed by atoms with Crippen molar-refractivity contribution in [2.45, 2.75) is 18.8 Å². The summed E-state index contributed by atoms with van der Waals surface area (Å²) < 4.78 is 11.5. The Morgan fingerprint density at radius 3 is 2.24 bits per heavy atom. The third-order valence-corrected chi connectivity index (χ3v) is 5.84. The van der Waals surface area contributed by atoms with Crippen LogP contribution in [0.15, 0.2) is 77.2 Å². The molecule has 1 N–H and O–H groups in total. The number of ether oxygens (including phenoxy) is 1. The van der Waals surface area contributed by atoms with Crippen molar-refractivity contribution in [1.29, 1.82) is 0 Å². The van der Waals surface area contributed by atoms with Gasteiger partial charge in [0.05, 0.1) is 0 Å². The lowest BCUT2D eigenvalue weighted by molar-refractivity contribution is -0.137. The number of nitrogens with zero attached hydrogens (tertiary/aromatic N) is 2. The molecule has 4 aromatic rings. The minimum atomic E-state index is -0.931. The second-order valence-electron chi connectivity index (χ2n) is 7.92. The zero-order valence-electron chi connectivity index (χ0n) is 17.8. The molecule has 0 atom stereocenters. The Morgan fingerprint density at radius 2 is 1.58 bits per heavy atom. The number of rotatable bonds is 7. The molecular weight excluding hydrogens is 420 g/mol. The maximum atomic E-state index is 13.1. The standard InChI is InChI=1S/C26H22N2O5/c29-24(30)14-7-15-28(25-27-22-12-5-6-13-23(22)33-25)26(31)32-16-21-19-10-3-1-8-17(19)18-9-2-4-11-20(18)21/h1-6,8-13,21H,7,14-16H2,(H,29,30). The van der Waals surface area contributed by atoms with Crippen LogP contribution in [0.4, 0.5) is 10.8 Å². The molecule has 0 aliphatic heterocycles. The van der Waals surface area contributed by atoms with E-state index in [9.17, 15) is 9.59 Å². The summed E-state index contributed by atoms with van der Waals surface area (Å²) in [6.07, 6.45) is -0.445. The normalized spacial score (nSPS) is 12.4. The Labute approximate surface area is 190 Å². The fourth-order valence-corrected chi connectivity index (χ4v) is 4.30. The van der Waals surface area contributed by atoms with Gasteiger partial charge in [0.25, 0.3) is 0 Å². The first kappa shape index (κ1) is 20.8. The molecule has 166 valence electrons. The van der Waals surface area contributed by atoms with Gasteiger partial charge in [-0.2, -0.15) is 4.98 Å². The summed E-state index contributed by atoms with van der Waals surface area (Å²) in [5.74, 6) is -1.01. The van der Waals surface area contributed by atoms with Gasteiger partial charge >= 0.3 is 18.1 Å². The van der Waals surface area contributed by atoms with Crippen LogP contribution in [-0.2, 0) is 9.53 Å². The molecule has 1 amide bonds. The van der Waals surface area contributed by atoms with E-state index in [4.69, 9.17) is 14.3 Å². The van der Waals surface area contributed by atoms with Crippen LogP contribution in [0.3, 0.4) is 0 Å². The first-order valence-electron chi connectivity index (χ1n) is 10.8. The summed E-state index contributed by atoms with van der Waals surface area (Å²) in [5.41, 5.74) is 5.68. The van der Waals surface area contributed by atoms with Crippen LogP contribution in [-0.4, -0.2) is 35.3 Å². The van der Waals surface area contributed by atoms with E-state index in [1.54, 1.807) is 12.1 Å². The maximum Gasteiger partial charge on any atom is 0.417 e. The molecule has 0 unspecified atom stereocenters. The topological polar surface area (TPSA) is 92.9 Å². The molecule has 1 heterocycles. The smallest absolute Gasteiger partial charge is 0.417 e. The van der Waals surface area contributed by atoms with Crippen molar-refractivity contribution in [3.63, 3.8) is 0 Å². The lowest BCUT2D eigenvalue weighted by Gasteiger charge is -2.20. The largest absolute Gasteiger partial charge is 0.481 e. The van der Waals surface area contributed by atoms with E-state index in [2.05, 4.69) is 29.2 Å². The molecule has 7 nitrogen and oxygen atoms in total. The van der Waals surface area contributed by atoms with Crippen molar-refractivity contribution in [3.05, 3.63) is 83.9 Å². The van der Waals surface area contributed by atoms with E-state index >= 15 is 0 Å². The lowest BCUT2D eigenvalue weighted by atomic mass is 9.98. The second-order valence-corrected chi connectivity index (χ2v) is 7.92. The summed E-state index contributed by atoms with van der Waals surface area (Å²) in [6, 6.07) is 23.5. The zero-order valence-corrected chi connectivity index (χ0v) is 17.8. The van der Waals surface area contributed by atoms with E-state index in [1.807, 2.05) is 36.4 Å². The molecule has 1 aliphatic rings. The number of carbonyl (C=O) groups is 2. The summed E-state index contributed by atoms with van der Waals surface area (Å²) in [6.45, 7) is 0.276. The molecule has 0 bridgehead atoms. The Hall–Kier alpha value is -4.13. The minimum Gasteiger partial charge on any atom is -0.481 e. The number of anilines is 1. The summed E-state index contributed by atoms with van der Waals surface area (Å²) >= 11 is 0. The summed E-state index contributed by atoms with van der Waals surface area (Å²) in [7, 11) is 0. The van der Waals surface area contributed by atoms with Crippen molar-refractivity contribution < 1.29 is 23.8 Å². The first-order valence-corrected chi connectivity index (χ1v) is 10.8. The molecule has 5 rings (SSSR count). The molecule has 0 spiro atoms. The van der Waals surface area contributed by atoms with Crippen LogP contribution in [0.2, 0.25) is 0 Å². The number of carboxylic acid groups (broad SMARTS) is 1. The van der Waals surface area contributed by atoms with Crippen LogP contribution < -0.4 is 4.90 Å². The van der Waals surface area contributed by atoms with Crippen LogP contribution in [0.25, 0.3) is 22.2 Å². The van der Waals surface area contributed by atoms with Gasteiger partial charge < -0.3 is 14.3 Å². The van der Waals surface area contributed by atoms with Gasteiger partial charge in [-0.25, -0.2) is 9.69 Å². The summed E-state index contributed by atoms with van der Waals surface area (Å²) in [4.78, 5) is 29.8. The second kappa shape index (κ2) is 8.78. The number of hydrogen-bond donors (Lipinski definition) is 1. The number of carboxylic acids is 1. The van der Waals surface area contributed by atoms with E-state index in [0.717, 1.165) is 22.3 Å². The van der Waals surface area contributed by atoms with E-state index in [0.29, 0.717) is 11.1 Å². The lowest BCUT2D eigenvalue weighted by Crippen LogP contribution is -2.34. The van der Waals surface area contributed by atoms with Crippen molar-refractivity contribution in [1.82, 2.24) is 4.98 Å². The predicted molar refractivity (Wildman–Crippen MR) is 123 cm³/mol. The van der Waals surface area contributed by atoms with Crippen molar-refractivity contribution in [3.8, 4) is 11.1 Å². The monoisotopic (exact) mass is 442 g/mol. The fourth-order valence-electron chi connectivity index (χ4n) is 4.30. The molecule has 7 heteroatoms. The maximum absolute atomic E-state index is 13.1. The predicted octanol–water partition coefficient (Wildman–Crippen LogP) is 5.45. The number of oxazole rings is 1. The van der Waals surface area contributed by atoms with E-state index in [-0.39, 0.29) is 37.9 Å². The average Bonchev–Trinajstić information content (AvgIpc) is 3.39. The Balaban J connectivity index is 1.38. The number of aliphatic carboxylic acids is 1. The third-order valence-electron chi connectivity index (χ3n) is 5.84. The summed E-state index contributed by atoms with van der Waals surface area (Å²) in [5, 5.41) is 9.01. The number of hydrogen-bond acceptors (Lipinski definition) is 5. The number of benzene rings is 3. The highest BCUT2D eigenvalue weighted by Crippen LogP contribution is 2.44. The average molecular weight is 442 g/mol. The molecule has 1 aliphatic carbocycles. The molecule has 1 aromatic heterocycles. The van der Waals surface area contributed by atoms with Gasteiger partial charge in [0.1, 0.15) is 12.1 Å². The van der Waals surface area contributed by atoms with E-state index < -0.39 is 12.1 Å². The number of aromatic nitrogens is 1. The van der Waals surface area contributed by atoms with Crippen molar-refractivity contribution in [2.75, 3.05) is 18.1 Å². The Bertz CT molecular complexity index is 1250. The third kappa shape index (κ3) is 4.05. The number of para-hydroxylation sites is 2. The Morgan fingerprint density at radius 1 is 0.939 bits per heavy atom. The zero-order chi connectivity index (χ0) is 22.8. The number of carbonyl (C=O) groups excluding carboxylic acids is 1. The van der Waals surface area contributed by atoms with Gasteiger partial charge in [-0.3, -0.25) is 4.79 Å². The molecule has 0 radical (unpaired) electrons. The molecule has 0 fully saturated rings. The quantitative estimate of drug-likeness (QED) is 0.409. The highest BCUT2D eigenvalue weighted by molar-refractivity contribution is 5.87. The number of amides is 1. The Kier molecular flexibility index (Phi) is 5.52. The molecule has 3 aromatic carbocycles. The van der Waals surface area contributed by atoms with Crippen molar-refractivity contribution >= 4 is 29.2 Å². The van der Waals surface area contributed by atoms with Gasteiger partial charge in [0.2, 0.25) is 0 Å². The highest BCUT2D eigenvalue weighted by Gasteiger charge is 2.30. The fraction of sp³-hybridized carbons (Fsp3) is 0.192. The molecule has 0 saturated heterocycles. The molecular formula is C26H22N2O5. The molecule has 0 saturated carbocycles. The SMILES string of the molecule is O=C(O)CCCN(C(=O)OCC1c2ccccc2-c2ccccc21)c1nc2ccccc2o1. The van der Waals surface area contributed by atoms with Crippen LogP contribution in [0.1, 0.15) is 29.9 Å². The molecule has 33 heavy (non-hydrogen) atoms. The minimum absolute atomic E-state index is 0.0760. The highest BCUT2D eigenvalue weighted by atomic mass is 16.6. The van der Waals surface area contributed by atoms with Gasteiger partial charge in [-0.1, -0.05) is 60.7 Å². The van der Waals surface area contributed by atoms with Crippen LogP contribution >= 0.6 is 0 Å². The number of fused-ring (bicyclic) bond motifs is 4. The van der Waals surface area contributed by atoms with Gasteiger partial charge in [0, 0.05) is 18.9 Å². The van der Waals surface area contributed by atoms with Gasteiger partial charge in [-0.05, 0) is 40.8 Å².